The Bertz CT molecular complexity index is 1480. The van der Waals surface area contributed by atoms with Gasteiger partial charge in [0.25, 0.3) is 5.91 Å². The first kappa shape index (κ1) is 28.3. The van der Waals surface area contributed by atoms with Crippen LogP contribution < -0.4 is 15.0 Å². The van der Waals surface area contributed by atoms with Gasteiger partial charge in [-0.1, -0.05) is 23.7 Å². The number of imide groups is 1. The number of nitrogens with zero attached hydrogens (tertiary/aromatic N) is 2. The third-order valence-electron chi connectivity index (χ3n) is 6.17. The van der Waals surface area contributed by atoms with Gasteiger partial charge in [0.2, 0.25) is 21.8 Å². The van der Waals surface area contributed by atoms with Crippen LogP contribution in [0.2, 0.25) is 5.02 Å². The highest BCUT2D eigenvalue weighted by molar-refractivity contribution is 7.89. The Hall–Kier alpha value is -3.73. The fraction of sp³-hybridized carbons (Fsp3) is 0.250. The molecule has 1 aliphatic rings. The Morgan fingerprint density at radius 2 is 1.77 bits per heavy atom. The fourth-order valence-electron chi connectivity index (χ4n) is 4.39. The number of nitrogens with one attached hydrogen (secondary N) is 1. The van der Waals surface area contributed by atoms with E-state index >= 15 is 0 Å². The Labute approximate surface area is 232 Å². The summed E-state index contributed by atoms with van der Waals surface area (Å²) < 4.78 is 34.2. The SMILES string of the molecule is CCOc1ccc(N2C(=O)CC(N(CCc3cccc(Cl)c3)S(=O)(=O)c3ccc(NC(C)=O)cc3)C2=O)cc1. The number of rotatable bonds is 10. The summed E-state index contributed by atoms with van der Waals surface area (Å²) in [7, 11) is -4.22. The number of ether oxygens (including phenoxy) is 1. The lowest BCUT2D eigenvalue weighted by molar-refractivity contribution is -0.122. The zero-order chi connectivity index (χ0) is 28.2. The summed E-state index contributed by atoms with van der Waals surface area (Å²) in [5, 5.41) is 3.10. The topological polar surface area (TPSA) is 113 Å². The molecule has 1 atom stereocenters. The molecule has 39 heavy (non-hydrogen) atoms. The third kappa shape index (κ3) is 6.47. The van der Waals surface area contributed by atoms with Crippen molar-refractivity contribution in [2.45, 2.75) is 37.6 Å². The van der Waals surface area contributed by atoms with Crippen molar-refractivity contribution in [1.82, 2.24) is 4.31 Å². The highest BCUT2D eigenvalue weighted by atomic mass is 35.5. The van der Waals surface area contributed by atoms with Gasteiger partial charge in [-0.3, -0.25) is 14.4 Å². The van der Waals surface area contributed by atoms with Crippen LogP contribution in [0, 0.1) is 0 Å². The van der Waals surface area contributed by atoms with Crippen molar-refractivity contribution in [3.8, 4) is 5.75 Å². The number of amides is 3. The van der Waals surface area contributed by atoms with Gasteiger partial charge in [0.15, 0.2) is 0 Å². The molecule has 0 saturated carbocycles. The molecule has 3 amide bonds. The molecule has 0 spiro atoms. The van der Waals surface area contributed by atoms with Crippen LogP contribution >= 0.6 is 11.6 Å². The summed E-state index contributed by atoms with van der Waals surface area (Å²) in [4.78, 5) is 38.9. The Morgan fingerprint density at radius 3 is 2.38 bits per heavy atom. The Kier molecular flexibility index (Phi) is 8.69. The van der Waals surface area contributed by atoms with Crippen molar-refractivity contribution < 1.29 is 27.5 Å². The second-order valence-corrected chi connectivity index (χ2v) is 11.2. The van der Waals surface area contributed by atoms with E-state index in [9.17, 15) is 22.8 Å². The van der Waals surface area contributed by atoms with E-state index in [-0.39, 0.29) is 30.2 Å². The first-order valence-electron chi connectivity index (χ1n) is 12.3. The molecule has 1 heterocycles. The van der Waals surface area contributed by atoms with E-state index in [0.29, 0.717) is 28.8 Å². The van der Waals surface area contributed by atoms with Crippen LogP contribution in [0.3, 0.4) is 0 Å². The number of carbonyl (C=O) groups is 3. The molecule has 1 N–H and O–H groups in total. The molecule has 204 valence electrons. The predicted molar refractivity (Wildman–Crippen MR) is 148 cm³/mol. The van der Waals surface area contributed by atoms with E-state index in [0.717, 1.165) is 14.8 Å². The minimum atomic E-state index is -4.22. The zero-order valence-corrected chi connectivity index (χ0v) is 23.0. The second-order valence-electron chi connectivity index (χ2n) is 8.92. The lowest BCUT2D eigenvalue weighted by Crippen LogP contribution is -2.46. The van der Waals surface area contributed by atoms with Gasteiger partial charge in [0.05, 0.1) is 23.6 Å². The van der Waals surface area contributed by atoms with Crippen molar-refractivity contribution in [3.05, 3.63) is 83.4 Å². The number of hydrogen-bond donors (Lipinski definition) is 1. The number of sulfonamides is 1. The number of benzene rings is 3. The molecule has 1 unspecified atom stereocenters. The first-order chi connectivity index (χ1) is 18.6. The van der Waals surface area contributed by atoms with E-state index < -0.39 is 27.9 Å². The summed E-state index contributed by atoms with van der Waals surface area (Å²) in [5.41, 5.74) is 1.55. The van der Waals surface area contributed by atoms with Crippen LogP contribution in [0.25, 0.3) is 0 Å². The van der Waals surface area contributed by atoms with Gasteiger partial charge in [0.1, 0.15) is 11.8 Å². The van der Waals surface area contributed by atoms with Crippen molar-refractivity contribution in [3.63, 3.8) is 0 Å². The highest BCUT2D eigenvalue weighted by Gasteiger charge is 2.46. The molecule has 0 bridgehead atoms. The number of halogens is 1. The molecule has 3 aromatic rings. The molecular weight excluding hydrogens is 542 g/mol. The molecule has 9 nitrogen and oxygen atoms in total. The monoisotopic (exact) mass is 569 g/mol. The van der Waals surface area contributed by atoms with Crippen LogP contribution in [0.5, 0.6) is 5.75 Å². The van der Waals surface area contributed by atoms with Crippen molar-refractivity contribution >= 4 is 50.7 Å². The molecule has 4 rings (SSSR count). The maximum absolute atomic E-state index is 13.9. The molecule has 0 aromatic heterocycles. The molecular formula is C28H28ClN3O6S. The molecule has 11 heteroatoms. The summed E-state index contributed by atoms with van der Waals surface area (Å²) >= 11 is 6.11. The first-order valence-corrected chi connectivity index (χ1v) is 14.2. The second kappa shape index (κ2) is 12.0. The smallest absolute Gasteiger partial charge is 0.252 e. The van der Waals surface area contributed by atoms with Gasteiger partial charge < -0.3 is 10.1 Å². The average molecular weight is 570 g/mol. The summed E-state index contributed by atoms with van der Waals surface area (Å²) in [6.07, 6.45) is -0.0322. The number of anilines is 2. The van der Waals surface area contributed by atoms with Crippen LogP contribution in [-0.4, -0.2) is 49.6 Å². The molecule has 0 radical (unpaired) electrons. The van der Waals surface area contributed by atoms with E-state index in [2.05, 4.69) is 5.32 Å². The van der Waals surface area contributed by atoms with Gasteiger partial charge in [-0.25, -0.2) is 13.3 Å². The molecule has 1 saturated heterocycles. The normalized spacial score (nSPS) is 15.6. The molecule has 0 aliphatic carbocycles. The van der Waals surface area contributed by atoms with E-state index in [1.807, 2.05) is 13.0 Å². The maximum Gasteiger partial charge on any atom is 0.252 e. The van der Waals surface area contributed by atoms with Gasteiger partial charge in [0, 0.05) is 24.2 Å². The van der Waals surface area contributed by atoms with Gasteiger partial charge in [-0.05, 0) is 79.6 Å². The van der Waals surface area contributed by atoms with E-state index in [1.165, 1.54) is 31.2 Å². The van der Waals surface area contributed by atoms with Crippen molar-refractivity contribution in [2.75, 3.05) is 23.4 Å². The molecule has 3 aromatic carbocycles. The Morgan fingerprint density at radius 1 is 1.08 bits per heavy atom. The van der Waals surface area contributed by atoms with Crippen LogP contribution in [0.4, 0.5) is 11.4 Å². The number of carbonyl (C=O) groups excluding carboxylic acids is 3. The maximum atomic E-state index is 13.9. The average Bonchev–Trinajstić information content (AvgIpc) is 3.18. The van der Waals surface area contributed by atoms with Crippen molar-refractivity contribution in [1.29, 1.82) is 0 Å². The lowest BCUT2D eigenvalue weighted by atomic mass is 10.1. The largest absolute Gasteiger partial charge is 0.494 e. The molecule has 1 fully saturated rings. The zero-order valence-electron chi connectivity index (χ0n) is 21.5. The Balaban J connectivity index is 1.66. The quantitative estimate of drug-likeness (QED) is 0.365. The van der Waals surface area contributed by atoms with Crippen molar-refractivity contribution in [2.24, 2.45) is 0 Å². The van der Waals surface area contributed by atoms with E-state index in [4.69, 9.17) is 16.3 Å². The third-order valence-corrected chi connectivity index (χ3v) is 8.33. The van der Waals surface area contributed by atoms with Crippen LogP contribution in [0.1, 0.15) is 25.8 Å². The number of hydrogen-bond acceptors (Lipinski definition) is 6. The van der Waals surface area contributed by atoms with Gasteiger partial charge >= 0.3 is 0 Å². The predicted octanol–water partition coefficient (Wildman–Crippen LogP) is 4.26. The van der Waals surface area contributed by atoms with Gasteiger partial charge in [-0.2, -0.15) is 4.31 Å². The van der Waals surface area contributed by atoms with Gasteiger partial charge in [-0.15, -0.1) is 0 Å². The summed E-state index contributed by atoms with van der Waals surface area (Å²) in [6, 6.07) is 17.9. The van der Waals surface area contributed by atoms with Crippen LogP contribution in [0.15, 0.2) is 77.7 Å². The minimum Gasteiger partial charge on any atom is -0.494 e. The summed E-state index contributed by atoms with van der Waals surface area (Å²) in [5.74, 6) is -0.838. The minimum absolute atomic E-state index is 0.0586. The van der Waals surface area contributed by atoms with Crippen LogP contribution in [-0.2, 0) is 30.8 Å². The van der Waals surface area contributed by atoms with E-state index in [1.54, 1.807) is 42.5 Å². The standard InChI is InChI=1S/C28H28ClN3O6S/c1-3-38-24-11-9-23(10-12-24)32-27(34)18-26(28(32)35)31(16-15-20-5-4-6-21(29)17-20)39(36,37)25-13-7-22(8-14-25)30-19(2)33/h4-14,17,26H,3,15-16,18H2,1-2H3,(H,30,33). The molecule has 1 aliphatic heterocycles. The lowest BCUT2D eigenvalue weighted by Gasteiger charge is -2.27. The summed E-state index contributed by atoms with van der Waals surface area (Å²) in [6.45, 7) is 3.60. The fourth-order valence-corrected chi connectivity index (χ4v) is 6.19. The highest BCUT2D eigenvalue weighted by Crippen LogP contribution is 2.31.